The van der Waals surface area contributed by atoms with Crippen molar-refractivity contribution >= 4 is 12.1 Å². The van der Waals surface area contributed by atoms with Crippen LogP contribution in [0.15, 0.2) is 30.3 Å². The fourth-order valence-corrected chi connectivity index (χ4v) is 2.84. The van der Waals surface area contributed by atoms with Crippen LogP contribution in [0.3, 0.4) is 0 Å². The number of carbonyl (C=O) groups is 2. The Balaban J connectivity index is 2.08. The molecule has 1 saturated carbocycles. The molecule has 1 aliphatic rings. The van der Waals surface area contributed by atoms with Gasteiger partial charge in [-0.2, -0.15) is 13.2 Å². The normalized spacial score (nSPS) is 16.6. The number of carboxylic acids is 1. The predicted molar refractivity (Wildman–Crippen MR) is 87.4 cm³/mol. The van der Waals surface area contributed by atoms with Gasteiger partial charge in [0.25, 0.3) is 0 Å². The van der Waals surface area contributed by atoms with Crippen molar-refractivity contribution in [2.24, 2.45) is 0 Å². The number of halogens is 3. The maximum absolute atomic E-state index is 12.5. The first-order valence-corrected chi connectivity index (χ1v) is 8.43. The van der Waals surface area contributed by atoms with E-state index >= 15 is 0 Å². The van der Waals surface area contributed by atoms with Crippen LogP contribution in [0.5, 0.6) is 0 Å². The summed E-state index contributed by atoms with van der Waals surface area (Å²) in [5, 5.41) is 9.61. The van der Waals surface area contributed by atoms with Gasteiger partial charge < -0.3 is 9.84 Å². The molecule has 144 valence electrons. The molecule has 1 N–H and O–H groups in total. The van der Waals surface area contributed by atoms with E-state index in [9.17, 15) is 27.9 Å². The van der Waals surface area contributed by atoms with Gasteiger partial charge in [0.15, 0.2) is 0 Å². The molecule has 0 spiro atoms. The molecule has 0 aromatic heterocycles. The van der Waals surface area contributed by atoms with Crippen molar-refractivity contribution in [2.75, 3.05) is 0 Å². The van der Waals surface area contributed by atoms with E-state index in [2.05, 4.69) is 0 Å². The molecule has 0 aliphatic heterocycles. The molecule has 0 saturated heterocycles. The van der Waals surface area contributed by atoms with Gasteiger partial charge in [0, 0.05) is 12.5 Å². The number of benzene rings is 1. The van der Waals surface area contributed by atoms with Gasteiger partial charge in [0.2, 0.25) is 0 Å². The first-order valence-electron chi connectivity index (χ1n) is 8.43. The largest absolute Gasteiger partial charge is 0.480 e. The van der Waals surface area contributed by atoms with E-state index in [0.717, 1.165) is 10.5 Å². The molecular weight excluding hydrogens is 351 g/mol. The molecule has 1 atom stereocenters. The lowest BCUT2D eigenvalue weighted by Crippen LogP contribution is -2.56. The van der Waals surface area contributed by atoms with E-state index in [1.54, 1.807) is 24.3 Å². The summed E-state index contributed by atoms with van der Waals surface area (Å²) < 4.78 is 42.5. The van der Waals surface area contributed by atoms with Crippen LogP contribution in [0, 0.1) is 0 Å². The Morgan fingerprint density at radius 2 is 1.81 bits per heavy atom. The highest BCUT2D eigenvalue weighted by Crippen LogP contribution is 2.37. The van der Waals surface area contributed by atoms with E-state index in [4.69, 9.17) is 4.74 Å². The van der Waals surface area contributed by atoms with E-state index in [1.165, 1.54) is 6.92 Å². The van der Waals surface area contributed by atoms with Crippen LogP contribution < -0.4 is 0 Å². The van der Waals surface area contributed by atoms with Crippen LogP contribution in [-0.2, 0) is 16.1 Å². The van der Waals surface area contributed by atoms with E-state index in [0.29, 0.717) is 12.8 Å². The van der Waals surface area contributed by atoms with Gasteiger partial charge in [0.1, 0.15) is 12.1 Å². The van der Waals surface area contributed by atoms with E-state index in [-0.39, 0.29) is 25.5 Å². The summed E-state index contributed by atoms with van der Waals surface area (Å²) in [5.74, 6) is -1.33. The number of hydrogen-bond acceptors (Lipinski definition) is 3. The molecule has 1 aliphatic carbocycles. The van der Waals surface area contributed by atoms with Crippen LogP contribution in [-0.4, -0.2) is 39.8 Å². The fraction of sp³-hybridized carbons (Fsp3) is 0.556. The number of nitrogens with zero attached hydrogens (tertiary/aromatic N) is 1. The molecule has 1 amide bonds. The number of aliphatic carboxylic acids is 1. The van der Waals surface area contributed by atoms with Gasteiger partial charge in [-0.1, -0.05) is 30.3 Å². The van der Waals surface area contributed by atoms with Crippen molar-refractivity contribution in [3.05, 3.63) is 35.9 Å². The Morgan fingerprint density at radius 1 is 1.19 bits per heavy atom. The maximum atomic E-state index is 12.5. The highest BCUT2D eigenvalue weighted by molar-refractivity contribution is 5.84. The molecule has 0 radical (unpaired) electrons. The van der Waals surface area contributed by atoms with E-state index < -0.39 is 30.2 Å². The van der Waals surface area contributed by atoms with Gasteiger partial charge >= 0.3 is 18.2 Å². The first-order chi connectivity index (χ1) is 12.1. The Labute approximate surface area is 149 Å². The molecule has 1 fully saturated rings. The van der Waals surface area contributed by atoms with Crippen molar-refractivity contribution in [1.82, 2.24) is 4.90 Å². The second kappa shape index (κ2) is 7.97. The van der Waals surface area contributed by atoms with Crippen molar-refractivity contribution < 1.29 is 32.6 Å². The van der Waals surface area contributed by atoms with Gasteiger partial charge in [-0.25, -0.2) is 9.59 Å². The minimum Gasteiger partial charge on any atom is -0.480 e. The lowest BCUT2D eigenvalue weighted by Gasteiger charge is -2.37. The third kappa shape index (κ3) is 5.37. The Bertz CT molecular complexity index is 631. The number of carboxylic acid groups (broad SMARTS) is 1. The minimum absolute atomic E-state index is 0.0266. The summed E-state index contributed by atoms with van der Waals surface area (Å²) in [6.07, 6.45) is -5.70. The van der Waals surface area contributed by atoms with Gasteiger partial charge in [0.05, 0.1) is 0 Å². The third-order valence-electron chi connectivity index (χ3n) is 4.43. The number of alkyl halides is 3. The van der Waals surface area contributed by atoms with Crippen LogP contribution in [0.4, 0.5) is 18.0 Å². The Hall–Kier alpha value is -2.25. The standard InChI is InChI=1S/C18H22F3NO4/c1-17(15(23)24,10-5-11-18(19,20)21)22(14-8-9-14)16(25)26-12-13-6-3-2-4-7-13/h2-4,6-7,14H,5,8-12H2,1H3,(H,23,24). The smallest absolute Gasteiger partial charge is 0.411 e. The quantitative estimate of drug-likeness (QED) is 0.735. The lowest BCUT2D eigenvalue weighted by molar-refractivity contribution is -0.153. The molecule has 8 heteroatoms. The van der Waals surface area contributed by atoms with Crippen LogP contribution in [0.25, 0.3) is 0 Å². The van der Waals surface area contributed by atoms with Crippen molar-refractivity contribution in [3.63, 3.8) is 0 Å². The molecule has 1 aromatic carbocycles. The van der Waals surface area contributed by atoms with Crippen LogP contribution in [0.1, 0.15) is 44.6 Å². The zero-order valence-corrected chi connectivity index (χ0v) is 14.5. The summed E-state index contributed by atoms with van der Waals surface area (Å²) in [4.78, 5) is 25.4. The van der Waals surface area contributed by atoms with Gasteiger partial charge in [-0.15, -0.1) is 0 Å². The summed E-state index contributed by atoms with van der Waals surface area (Å²) >= 11 is 0. The van der Waals surface area contributed by atoms with Crippen molar-refractivity contribution in [3.8, 4) is 0 Å². The summed E-state index contributed by atoms with van der Waals surface area (Å²) in [5.41, 5.74) is -0.995. The second-order valence-electron chi connectivity index (χ2n) is 6.69. The van der Waals surface area contributed by atoms with E-state index in [1.807, 2.05) is 6.07 Å². The molecule has 2 rings (SSSR count). The lowest BCUT2D eigenvalue weighted by atomic mass is 9.92. The first kappa shape index (κ1) is 20.1. The zero-order chi connectivity index (χ0) is 19.4. The molecule has 1 aromatic rings. The number of ether oxygens (including phenoxy) is 1. The summed E-state index contributed by atoms with van der Waals surface area (Å²) in [7, 11) is 0. The van der Waals surface area contributed by atoms with Crippen LogP contribution >= 0.6 is 0 Å². The topological polar surface area (TPSA) is 66.8 Å². The fourth-order valence-electron chi connectivity index (χ4n) is 2.84. The average molecular weight is 373 g/mol. The molecule has 1 unspecified atom stereocenters. The molecule has 26 heavy (non-hydrogen) atoms. The number of rotatable bonds is 8. The second-order valence-corrected chi connectivity index (χ2v) is 6.69. The Morgan fingerprint density at radius 3 is 2.31 bits per heavy atom. The third-order valence-corrected chi connectivity index (χ3v) is 4.43. The minimum atomic E-state index is -4.36. The highest BCUT2D eigenvalue weighted by Gasteiger charge is 2.50. The van der Waals surface area contributed by atoms with Crippen molar-refractivity contribution in [1.29, 1.82) is 0 Å². The van der Waals surface area contributed by atoms with Crippen molar-refractivity contribution in [2.45, 2.75) is 63.4 Å². The molecule has 0 bridgehead atoms. The monoisotopic (exact) mass is 373 g/mol. The molecule has 5 nitrogen and oxygen atoms in total. The average Bonchev–Trinajstić information content (AvgIpc) is 3.37. The molecule has 0 heterocycles. The zero-order valence-electron chi connectivity index (χ0n) is 14.5. The summed E-state index contributed by atoms with van der Waals surface area (Å²) in [6.45, 7) is 1.26. The maximum Gasteiger partial charge on any atom is 0.411 e. The number of carbonyl (C=O) groups excluding carboxylic acids is 1. The SMILES string of the molecule is CC(CCCC(F)(F)F)(C(=O)O)N(C(=O)OCc1ccccc1)C1CC1. The van der Waals surface area contributed by atoms with Crippen LogP contribution in [0.2, 0.25) is 0 Å². The van der Waals surface area contributed by atoms with Gasteiger partial charge in [-0.3, -0.25) is 4.90 Å². The Kier molecular flexibility index (Phi) is 6.15. The number of amides is 1. The van der Waals surface area contributed by atoms with Gasteiger partial charge in [-0.05, 0) is 38.2 Å². The number of hydrogen-bond donors (Lipinski definition) is 1. The highest BCUT2D eigenvalue weighted by atomic mass is 19.4. The predicted octanol–water partition coefficient (Wildman–Crippen LogP) is 4.36. The summed E-state index contributed by atoms with van der Waals surface area (Å²) in [6, 6.07) is 8.57. The molecular formula is C18H22F3NO4.